The van der Waals surface area contributed by atoms with E-state index in [-0.39, 0.29) is 6.61 Å². The minimum absolute atomic E-state index is 0.263. The van der Waals surface area contributed by atoms with Crippen LogP contribution in [0, 0.1) is 0 Å². The Bertz CT molecular complexity index is 234. The SMILES string of the molecule is COC1(C(=O)O)OCC(O)C(O)C1I. The number of alkyl halides is 1. The molecule has 0 aliphatic carbocycles. The van der Waals surface area contributed by atoms with Crippen LogP contribution in [0.1, 0.15) is 0 Å². The molecule has 0 radical (unpaired) electrons. The van der Waals surface area contributed by atoms with E-state index in [1.54, 1.807) is 22.6 Å². The average Bonchev–Trinajstić information content (AvgIpc) is 2.15. The highest BCUT2D eigenvalue weighted by atomic mass is 127. The highest BCUT2D eigenvalue weighted by Crippen LogP contribution is 2.33. The fourth-order valence-corrected chi connectivity index (χ4v) is 2.43. The maximum atomic E-state index is 10.9. The molecule has 4 unspecified atom stereocenters. The maximum Gasteiger partial charge on any atom is 0.365 e. The van der Waals surface area contributed by atoms with Crippen molar-refractivity contribution in [2.75, 3.05) is 13.7 Å². The van der Waals surface area contributed by atoms with Gasteiger partial charge in [0.1, 0.15) is 10.0 Å². The molecule has 0 aromatic carbocycles. The Morgan fingerprint density at radius 1 is 1.64 bits per heavy atom. The highest BCUT2D eigenvalue weighted by molar-refractivity contribution is 14.1. The van der Waals surface area contributed by atoms with Crippen molar-refractivity contribution in [2.24, 2.45) is 0 Å². The molecule has 0 bridgehead atoms. The molecule has 4 atom stereocenters. The Hall–Kier alpha value is 0.0400. The zero-order valence-corrected chi connectivity index (χ0v) is 9.54. The molecule has 0 aromatic heterocycles. The number of hydrogen-bond acceptors (Lipinski definition) is 5. The first-order valence-electron chi connectivity index (χ1n) is 3.88. The number of hydrogen-bond donors (Lipinski definition) is 3. The molecule has 1 aliphatic rings. The third kappa shape index (κ3) is 1.74. The van der Waals surface area contributed by atoms with Gasteiger partial charge in [-0.05, 0) is 0 Å². The lowest BCUT2D eigenvalue weighted by molar-refractivity contribution is -0.270. The van der Waals surface area contributed by atoms with Crippen molar-refractivity contribution in [3.8, 4) is 0 Å². The summed E-state index contributed by atoms with van der Waals surface area (Å²) in [4.78, 5) is 10.9. The van der Waals surface area contributed by atoms with E-state index in [2.05, 4.69) is 0 Å². The number of methoxy groups -OCH3 is 1. The molecule has 1 saturated heterocycles. The normalized spacial score (nSPS) is 43.6. The summed E-state index contributed by atoms with van der Waals surface area (Å²) >= 11 is 1.69. The fraction of sp³-hybridized carbons (Fsp3) is 0.857. The van der Waals surface area contributed by atoms with E-state index in [1.165, 1.54) is 7.11 Å². The highest BCUT2D eigenvalue weighted by Gasteiger charge is 2.55. The Kier molecular flexibility index (Phi) is 3.69. The molecule has 1 rings (SSSR count). The molecule has 82 valence electrons. The largest absolute Gasteiger partial charge is 0.477 e. The van der Waals surface area contributed by atoms with E-state index < -0.39 is 27.9 Å². The van der Waals surface area contributed by atoms with Crippen LogP contribution >= 0.6 is 22.6 Å². The van der Waals surface area contributed by atoms with Crippen molar-refractivity contribution in [1.29, 1.82) is 0 Å². The van der Waals surface area contributed by atoms with E-state index in [9.17, 15) is 15.0 Å². The first-order chi connectivity index (χ1) is 6.45. The van der Waals surface area contributed by atoms with E-state index in [1.807, 2.05) is 0 Å². The minimum atomic E-state index is -1.88. The van der Waals surface area contributed by atoms with Gasteiger partial charge in [-0.2, -0.15) is 0 Å². The second kappa shape index (κ2) is 4.27. The van der Waals surface area contributed by atoms with Crippen LogP contribution in [-0.4, -0.2) is 56.9 Å². The number of ether oxygens (including phenoxy) is 2. The van der Waals surface area contributed by atoms with Gasteiger partial charge in [0.25, 0.3) is 5.79 Å². The smallest absolute Gasteiger partial charge is 0.365 e. The molecule has 0 saturated carbocycles. The summed E-state index contributed by atoms with van der Waals surface area (Å²) in [6, 6.07) is 0. The molecule has 7 heteroatoms. The Labute approximate surface area is 94.0 Å². The zero-order valence-electron chi connectivity index (χ0n) is 7.38. The number of halogens is 1. The number of rotatable bonds is 2. The predicted octanol–water partition coefficient (Wildman–Crippen LogP) is -1.03. The molecule has 1 aliphatic heterocycles. The van der Waals surface area contributed by atoms with Gasteiger partial charge in [0, 0.05) is 7.11 Å². The standard InChI is InChI=1S/C7H11IO6/c1-13-7(6(11)12)5(8)4(10)3(9)2-14-7/h3-5,9-10H,2H2,1H3,(H,11,12). The van der Waals surface area contributed by atoms with Gasteiger partial charge in [0.15, 0.2) is 0 Å². The van der Waals surface area contributed by atoms with Crippen molar-refractivity contribution >= 4 is 28.6 Å². The number of carboxylic acid groups (broad SMARTS) is 1. The van der Waals surface area contributed by atoms with Crippen LogP contribution in [0.4, 0.5) is 0 Å². The van der Waals surface area contributed by atoms with E-state index in [0.717, 1.165) is 0 Å². The van der Waals surface area contributed by atoms with Crippen LogP contribution < -0.4 is 0 Å². The lowest BCUT2D eigenvalue weighted by atomic mass is 10.0. The molecule has 3 N–H and O–H groups in total. The van der Waals surface area contributed by atoms with Gasteiger partial charge in [-0.3, -0.25) is 0 Å². The summed E-state index contributed by atoms with van der Waals surface area (Å²) in [5.41, 5.74) is 0. The molecular weight excluding hydrogens is 307 g/mol. The summed E-state index contributed by atoms with van der Waals surface area (Å²) in [5.74, 6) is -3.19. The van der Waals surface area contributed by atoms with Gasteiger partial charge in [-0.15, -0.1) is 0 Å². The van der Waals surface area contributed by atoms with Crippen molar-refractivity contribution in [2.45, 2.75) is 21.9 Å². The van der Waals surface area contributed by atoms with Gasteiger partial charge < -0.3 is 24.8 Å². The Balaban J connectivity index is 2.93. The second-order valence-electron chi connectivity index (χ2n) is 2.95. The van der Waals surface area contributed by atoms with Gasteiger partial charge in [-0.25, -0.2) is 4.79 Å². The number of aliphatic carboxylic acids is 1. The van der Waals surface area contributed by atoms with Crippen LogP contribution in [0.3, 0.4) is 0 Å². The van der Waals surface area contributed by atoms with Gasteiger partial charge >= 0.3 is 5.97 Å². The van der Waals surface area contributed by atoms with Crippen molar-refractivity contribution in [1.82, 2.24) is 0 Å². The number of aliphatic hydroxyl groups is 2. The van der Waals surface area contributed by atoms with Crippen molar-refractivity contribution in [3.05, 3.63) is 0 Å². The summed E-state index contributed by atoms with van der Waals surface area (Å²) in [5, 5.41) is 27.6. The summed E-state index contributed by atoms with van der Waals surface area (Å²) in [7, 11) is 1.18. The van der Waals surface area contributed by atoms with Crippen LogP contribution in [0.25, 0.3) is 0 Å². The van der Waals surface area contributed by atoms with Crippen LogP contribution in [0.5, 0.6) is 0 Å². The third-order valence-corrected chi connectivity index (χ3v) is 3.68. The predicted molar refractivity (Wildman–Crippen MR) is 53.1 cm³/mol. The van der Waals surface area contributed by atoms with Crippen LogP contribution in [-0.2, 0) is 14.3 Å². The van der Waals surface area contributed by atoms with Crippen molar-refractivity contribution in [3.63, 3.8) is 0 Å². The number of carbonyl (C=O) groups is 1. The molecule has 1 fully saturated rings. The van der Waals surface area contributed by atoms with Gasteiger partial charge in [-0.1, -0.05) is 22.6 Å². The average molecular weight is 318 g/mol. The van der Waals surface area contributed by atoms with Crippen LogP contribution in [0.2, 0.25) is 0 Å². The van der Waals surface area contributed by atoms with Crippen molar-refractivity contribution < 1.29 is 29.6 Å². The quantitative estimate of drug-likeness (QED) is 0.445. The molecule has 0 aromatic rings. The lowest BCUT2D eigenvalue weighted by Gasteiger charge is -2.40. The van der Waals surface area contributed by atoms with E-state index in [0.29, 0.717) is 0 Å². The minimum Gasteiger partial charge on any atom is -0.477 e. The molecule has 1 heterocycles. The zero-order chi connectivity index (χ0) is 10.9. The molecular formula is C7H11IO6. The molecule has 6 nitrogen and oxygen atoms in total. The Morgan fingerprint density at radius 3 is 2.64 bits per heavy atom. The second-order valence-corrected chi connectivity index (χ2v) is 4.29. The van der Waals surface area contributed by atoms with Gasteiger partial charge in [0.2, 0.25) is 0 Å². The van der Waals surface area contributed by atoms with Crippen LogP contribution in [0.15, 0.2) is 0 Å². The van der Waals surface area contributed by atoms with Gasteiger partial charge in [0.05, 0.1) is 12.7 Å². The lowest BCUT2D eigenvalue weighted by Crippen LogP contribution is -2.62. The first kappa shape index (κ1) is 12.1. The molecule has 14 heavy (non-hydrogen) atoms. The summed E-state index contributed by atoms with van der Waals surface area (Å²) in [6.45, 7) is -0.263. The fourth-order valence-electron chi connectivity index (χ4n) is 1.25. The van der Waals surface area contributed by atoms with E-state index in [4.69, 9.17) is 14.6 Å². The topological polar surface area (TPSA) is 96.2 Å². The monoisotopic (exact) mass is 318 g/mol. The Morgan fingerprint density at radius 2 is 2.21 bits per heavy atom. The third-order valence-electron chi connectivity index (χ3n) is 2.13. The summed E-state index contributed by atoms with van der Waals surface area (Å²) in [6.07, 6.45) is -2.26. The first-order valence-corrected chi connectivity index (χ1v) is 5.13. The number of carboxylic acids is 1. The van der Waals surface area contributed by atoms with E-state index >= 15 is 0 Å². The maximum absolute atomic E-state index is 10.9. The summed E-state index contributed by atoms with van der Waals surface area (Å²) < 4.78 is 8.83. The number of aliphatic hydroxyl groups excluding tert-OH is 2. The molecule has 0 spiro atoms. The molecule has 0 amide bonds.